The third kappa shape index (κ3) is 4.83. The molecule has 0 saturated carbocycles. The average molecular weight is 398 g/mol. The van der Waals surface area contributed by atoms with Crippen molar-refractivity contribution >= 4 is 34.2 Å². The number of aromatic nitrogens is 2. The second kappa shape index (κ2) is 8.96. The molecule has 144 valence electrons. The van der Waals surface area contributed by atoms with Crippen molar-refractivity contribution in [2.45, 2.75) is 6.92 Å². The molecule has 0 aliphatic carbocycles. The summed E-state index contributed by atoms with van der Waals surface area (Å²) in [7, 11) is 1.60. The standard InChI is InChI=1S/C19H18N4O4S/c1-3-27-19(25)20-14-6-4-5-13(11-14)16(24)21-18-23-22-17(28-18)12-7-9-15(26-2)10-8-12/h4-11H,3H2,1-2H3,(H,20,25)(H,21,23,24). The van der Waals surface area contributed by atoms with Crippen LogP contribution in [0.1, 0.15) is 17.3 Å². The van der Waals surface area contributed by atoms with Crippen LogP contribution in [-0.2, 0) is 4.74 Å². The number of hydrogen-bond donors (Lipinski definition) is 2. The molecule has 1 heterocycles. The SMILES string of the molecule is CCOC(=O)Nc1cccc(C(=O)Nc2nnc(-c3ccc(OC)cc3)s2)c1. The summed E-state index contributed by atoms with van der Waals surface area (Å²) < 4.78 is 9.96. The first-order valence-electron chi connectivity index (χ1n) is 8.42. The number of ether oxygens (including phenoxy) is 2. The van der Waals surface area contributed by atoms with E-state index in [0.717, 1.165) is 11.3 Å². The molecule has 0 aliphatic rings. The molecule has 0 unspecified atom stereocenters. The third-order valence-corrected chi connectivity index (χ3v) is 4.52. The van der Waals surface area contributed by atoms with Crippen LogP contribution in [0.15, 0.2) is 48.5 Å². The molecule has 0 atom stereocenters. The van der Waals surface area contributed by atoms with Crippen LogP contribution < -0.4 is 15.4 Å². The average Bonchev–Trinajstić information content (AvgIpc) is 3.17. The lowest BCUT2D eigenvalue weighted by Crippen LogP contribution is -2.15. The van der Waals surface area contributed by atoms with E-state index in [1.165, 1.54) is 11.3 Å². The van der Waals surface area contributed by atoms with Crippen LogP contribution in [0.25, 0.3) is 10.6 Å². The Hall–Kier alpha value is -3.46. The van der Waals surface area contributed by atoms with Gasteiger partial charge in [-0.15, -0.1) is 10.2 Å². The number of hydrogen-bond acceptors (Lipinski definition) is 7. The van der Waals surface area contributed by atoms with Crippen molar-refractivity contribution in [2.75, 3.05) is 24.4 Å². The van der Waals surface area contributed by atoms with Gasteiger partial charge in [-0.3, -0.25) is 15.4 Å². The van der Waals surface area contributed by atoms with Crippen molar-refractivity contribution in [3.8, 4) is 16.3 Å². The fourth-order valence-corrected chi connectivity index (χ4v) is 3.06. The second-order valence-corrected chi connectivity index (χ2v) is 6.50. The smallest absolute Gasteiger partial charge is 0.411 e. The van der Waals surface area contributed by atoms with Crippen LogP contribution >= 0.6 is 11.3 Å². The van der Waals surface area contributed by atoms with E-state index in [2.05, 4.69) is 20.8 Å². The minimum atomic E-state index is -0.576. The predicted molar refractivity (Wildman–Crippen MR) is 107 cm³/mol. The van der Waals surface area contributed by atoms with Crippen molar-refractivity contribution in [3.63, 3.8) is 0 Å². The monoisotopic (exact) mass is 398 g/mol. The zero-order valence-corrected chi connectivity index (χ0v) is 16.1. The summed E-state index contributed by atoms with van der Waals surface area (Å²) in [4.78, 5) is 24.0. The van der Waals surface area contributed by atoms with Crippen LogP contribution in [0.5, 0.6) is 5.75 Å². The van der Waals surface area contributed by atoms with Gasteiger partial charge in [0.15, 0.2) is 0 Å². The van der Waals surface area contributed by atoms with Gasteiger partial charge in [0.05, 0.1) is 13.7 Å². The van der Waals surface area contributed by atoms with E-state index in [-0.39, 0.29) is 12.5 Å². The number of amides is 2. The summed E-state index contributed by atoms with van der Waals surface area (Å²) in [6, 6.07) is 13.9. The Bertz CT molecular complexity index is 972. The Labute approximate surface area is 165 Å². The van der Waals surface area contributed by atoms with Crippen molar-refractivity contribution in [3.05, 3.63) is 54.1 Å². The maximum absolute atomic E-state index is 12.5. The number of carbonyl (C=O) groups is 2. The summed E-state index contributed by atoms with van der Waals surface area (Å²) in [6.07, 6.45) is -0.576. The Morgan fingerprint density at radius 2 is 1.86 bits per heavy atom. The van der Waals surface area contributed by atoms with Crippen LogP contribution in [0, 0.1) is 0 Å². The zero-order valence-electron chi connectivity index (χ0n) is 15.3. The van der Waals surface area contributed by atoms with Crippen molar-refractivity contribution in [1.29, 1.82) is 0 Å². The Kier molecular flexibility index (Phi) is 6.18. The fraction of sp³-hybridized carbons (Fsp3) is 0.158. The number of methoxy groups -OCH3 is 1. The maximum Gasteiger partial charge on any atom is 0.411 e. The van der Waals surface area contributed by atoms with Crippen LogP contribution in [0.2, 0.25) is 0 Å². The van der Waals surface area contributed by atoms with Gasteiger partial charge in [0.1, 0.15) is 10.8 Å². The molecular weight excluding hydrogens is 380 g/mol. The molecule has 2 aromatic carbocycles. The minimum Gasteiger partial charge on any atom is -0.497 e. The number of carbonyl (C=O) groups excluding carboxylic acids is 2. The summed E-state index contributed by atoms with van der Waals surface area (Å²) in [5.41, 5.74) is 1.71. The molecule has 28 heavy (non-hydrogen) atoms. The molecule has 0 aliphatic heterocycles. The molecule has 0 spiro atoms. The van der Waals surface area contributed by atoms with E-state index in [0.29, 0.717) is 21.4 Å². The molecule has 0 radical (unpaired) electrons. The lowest BCUT2D eigenvalue weighted by atomic mass is 10.2. The summed E-state index contributed by atoms with van der Waals surface area (Å²) >= 11 is 1.26. The first kappa shape index (κ1) is 19.3. The largest absolute Gasteiger partial charge is 0.497 e. The highest BCUT2D eigenvalue weighted by atomic mass is 32.1. The molecule has 2 N–H and O–H groups in total. The van der Waals surface area contributed by atoms with Gasteiger partial charge in [-0.1, -0.05) is 17.4 Å². The van der Waals surface area contributed by atoms with E-state index >= 15 is 0 Å². The van der Waals surface area contributed by atoms with Gasteiger partial charge >= 0.3 is 6.09 Å². The quantitative estimate of drug-likeness (QED) is 0.650. The number of nitrogens with one attached hydrogen (secondary N) is 2. The first-order valence-corrected chi connectivity index (χ1v) is 9.24. The molecule has 0 saturated heterocycles. The topological polar surface area (TPSA) is 102 Å². The van der Waals surface area contributed by atoms with E-state index < -0.39 is 6.09 Å². The highest BCUT2D eigenvalue weighted by Crippen LogP contribution is 2.28. The third-order valence-electron chi connectivity index (χ3n) is 3.63. The van der Waals surface area contributed by atoms with Crippen LogP contribution in [-0.4, -0.2) is 35.9 Å². The van der Waals surface area contributed by atoms with Gasteiger partial charge in [0.2, 0.25) is 5.13 Å². The number of nitrogens with zero attached hydrogens (tertiary/aromatic N) is 2. The predicted octanol–water partition coefficient (Wildman–Crippen LogP) is 4.03. The molecule has 1 aromatic heterocycles. The Morgan fingerprint density at radius 3 is 2.57 bits per heavy atom. The molecule has 2 amide bonds. The van der Waals surface area contributed by atoms with Crippen LogP contribution in [0.3, 0.4) is 0 Å². The van der Waals surface area contributed by atoms with Gasteiger partial charge < -0.3 is 9.47 Å². The lowest BCUT2D eigenvalue weighted by Gasteiger charge is -2.07. The molecule has 0 fully saturated rings. The first-order chi connectivity index (χ1) is 13.6. The Balaban J connectivity index is 1.68. The van der Waals surface area contributed by atoms with E-state index in [4.69, 9.17) is 9.47 Å². The van der Waals surface area contributed by atoms with Crippen molar-refractivity contribution < 1.29 is 19.1 Å². The van der Waals surface area contributed by atoms with Crippen molar-refractivity contribution in [2.24, 2.45) is 0 Å². The van der Waals surface area contributed by atoms with Crippen LogP contribution in [0.4, 0.5) is 15.6 Å². The highest BCUT2D eigenvalue weighted by molar-refractivity contribution is 7.18. The van der Waals surface area contributed by atoms with E-state index in [1.54, 1.807) is 38.3 Å². The molecule has 8 nitrogen and oxygen atoms in total. The van der Waals surface area contributed by atoms with Crippen molar-refractivity contribution in [1.82, 2.24) is 10.2 Å². The summed E-state index contributed by atoms with van der Waals surface area (Å²) in [5.74, 6) is 0.392. The van der Waals surface area contributed by atoms with Gasteiger partial charge in [-0.2, -0.15) is 0 Å². The molecule has 0 bridgehead atoms. The maximum atomic E-state index is 12.5. The highest BCUT2D eigenvalue weighted by Gasteiger charge is 2.12. The van der Waals surface area contributed by atoms with E-state index in [1.807, 2.05) is 24.3 Å². The number of rotatable bonds is 6. The molecule has 9 heteroatoms. The molecule has 3 aromatic rings. The van der Waals surface area contributed by atoms with Gasteiger partial charge in [-0.05, 0) is 49.4 Å². The zero-order chi connectivity index (χ0) is 19.9. The number of benzene rings is 2. The summed E-state index contributed by atoms with van der Waals surface area (Å²) in [6.45, 7) is 1.98. The second-order valence-electron chi connectivity index (χ2n) is 5.52. The Morgan fingerprint density at radius 1 is 1.07 bits per heavy atom. The summed E-state index contributed by atoms with van der Waals surface area (Å²) in [5, 5.41) is 14.4. The van der Waals surface area contributed by atoms with Gasteiger partial charge in [0, 0.05) is 16.8 Å². The normalized spacial score (nSPS) is 10.2. The lowest BCUT2D eigenvalue weighted by molar-refractivity contribution is 0.102. The molecule has 3 rings (SSSR count). The number of anilines is 2. The van der Waals surface area contributed by atoms with Gasteiger partial charge in [-0.25, -0.2) is 4.79 Å². The van der Waals surface area contributed by atoms with Gasteiger partial charge in [0.25, 0.3) is 5.91 Å². The minimum absolute atomic E-state index is 0.263. The van der Waals surface area contributed by atoms with E-state index in [9.17, 15) is 9.59 Å². The fourth-order valence-electron chi connectivity index (χ4n) is 2.32. The molecular formula is C19H18N4O4S.